The summed E-state index contributed by atoms with van der Waals surface area (Å²) in [6.07, 6.45) is 2.00. The number of carbonyl (C=O) groups excluding carboxylic acids is 2. The molecular formula is C28H24ClN3O3. The van der Waals surface area contributed by atoms with E-state index in [1.54, 1.807) is 36.1 Å². The number of carbonyl (C=O) groups is 2. The molecule has 7 heteroatoms. The lowest BCUT2D eigenvalue weighted by Gasteiger charge is -2.31. The molecule has 2 amide bonds. The van der Waals surface area contributed by atoms with Gasteiger partial charge in [-0.25, -0.2) is 9.59 Å². The monoisotopic (exact) mass is 485 g/mol. The number of para-hydroxylation sites is 1. The third-order valence-corrected chi connectivity index (χ3v) is 6.39. The summed E-state index contributed by atoms with van der Waals surface area (Å²) in [5, 5.41) is 3.56. The number of rotatable bonds is 4. The Labute approximate surface area is 208 Å². The number of ether oxygens (including phenoxy) is 1. The van der Waals surface area contributed by atoms with Crippen molar-refractivity contribution in [2.75, 3.05) is 11.9 Å². The van der Waals surface area contributed by atoms with Gasteiger partial charge in [0.1, 0.15) is 6.04 Å². The molecule has 176 valence electrons. The van der Waals surface area contributed by atoms with Gasteiger partial charge in [0.05, 0.1) is 30.1 Å². The lowest BCUT2D eigenvalue weighted by Crippen LogP contribution is -2.38. The zero-order valence-corrected chi connectivity index (χ0v) is 19.9. The highest BCUT2D eigenvalue weighted by molar-refractivity contribution is 6.31. The van der Waals surface area contributed by atoms with E-state index in [-0.39, 0.29) is 12.6 Å². The first-order chi connectivity index (χ1) is 17.1. The Bertz CT molecular complexity index is 1400. The van der Waals surface area contributed by atoms with Crippen molar-refractivity contribution in [2.45, 2.75) is 19.5 Å². The predicted octanol–water partition coefficient (Wildman–Crippen LogP) is 6.44. The normalized spacial score (nSPS) is 14.5. The summed E-state index contributed by atoms with van der Waals surface area (Å²) in [5.74, 6) is -0.431. The predicted molar refractivity (Wildman–Crippen MR) is 136 cm³/mol. The van der Waals surface area contributed by atoms with Crippen LogP contribution in [0.1, 0.15) is 40.1 Å². The number of hydrogen-bond acceptors (Lipinski definition) is 3. The van der Waals surface area contributed by atoms with Crippen LogP contribution < -0.4 is 5.32 Å². The van der Waals surface area contributed by atoms with Gasteiger partial charge in [0.25, 0.3) is 0 Å². The largest absolute Gasteiger partial charge is 0.462 e. The molecule has 0 spiro atoms. The van der Waals surface area contributed by atoms with Gasteiger partial charge in [0.2, 0.25) is 0 Å². The smallest absolute Gasteiger partial charge is 0.338 e. The summed E-state index contributed by atoms with van der Waals surface area (Å²) in [5.41, 5.74) is 4.67. The number of halogens is 1. The zero-order chi connectivity index (χ0) is 24.4. The van der Waals surface area contributed by atoms with Crippen LogP contribution in [0.3, 0.4) is 0 Å². The van der Waals surface area contributed by atoms with Crippen molar-refractivity contribution in [3.8, 4) is 5.69 Å². The fraction of sp³-hybridized carbons (Fsp3) is 0.143. The standard InChI is InChI=1S/C28H24ClN3O3/c1-2-35-27(33)19-10-7-11-21(17-19)30-28(34)32-18-20-9-3-6-14-24(20)31-16-8-15-25(31)26(32)22-12-4-5-13-23(22)29/h3-17,26H,2,18H2,1H3,(H,30,34)/t26-/m0/s1. The first-order valence-corrected chi connectivity index (χ1v) is 11.8. The van der Waals surface area contributed by atoms with E-state index in [9.17, 15) is 9.59 Å². The number of fused-ring (bicyclic) bond motifs is 3. The van der Waals surface area contributed by atoms with Crippen LogP contribution >= 0.6 is 11.6 Å². The summed E-state index contributed by atoms with van der Waals surface area (Å²) in [4.78, 5) is 27.8. The van der Waals surface area contributed by atoms with Crippen molar-refractivity contribution in [1.29, 1.82) is 0 Å². The quantitative estimate of drug-likeness (QED) is 0.338. The van der Waals surface area contributed by atoms with E-state index in [4.69, 9.17) is 16.3 Å². The third kappa shape index (κ3) is 4.40. The average Bonchev–Trinajstić information content (AvgIpc) is 3.29. The second kappa shape index (κ2) is 9.68. The van der Waals surface area contributed by atoms with Crippen LogP contribution in [0.4, 0.5) is 10.5 Å². The first-order valence-electron chi connectivity index (χ1n) is 11.4. The van der Waals surface area contributed by atoms with Crippen LogP contribution in [0.2, 0.25) is 5.02 Å². The Morgan fingerprint density at radius 2 is 1.80 bits per heavy atom. The molecule has 3 aromatic carbocycles. The highest BCUT2D eigenvalue weighted by atomic mass is 35.5. The van der Waals surface area contributed by atoms with Gasteiger partial charge >= 0.3 is 12.0 Å². The minimum atomic E-state index is -0.431. The molecule has 1 aliphatic rings. The number of anilines is 1. The van der Waals surface area contributed by atoms with Crippen LogP contribution in [-0.2, 0) is 11.3 Å². The molecule has 0 aliphatic carbocycles. The van der Waals surface area contributed by atoms with Crippen molar-refractivity contribution < 1.29 is 14.3 Å². The van der Waals surface area contributed by atoms with Crippen LogP contribution in [0.5, 0.6) is 0 Å². The van der Waals surface area contributed by atoms with Crippen molar-refractivity contribution in [3.05, 3.63) is 119 Å². The molecule has 5 rings (SSSR count). The third-order valence-electron chi connectivity index (χ3n) is 6.05. The van der Waals surface area contributed by atoms with Gasteiger partial charge in [-0.1, -0.05) is 54.1 Å². The molecule has 0 radical (unpaired) electrons. The fourth-order valence-corrected chi connectivity index (χ4v) is 4.74. The van der Waals surface area contributed by atoms with Crippen LogP contribution in [0.15, 0.2) is 91.1 Å². The number of nitrogens with one attached hydrogen (secondary N) is 1. The summed E-state index contributed by atoms with van der Waals surface area (Å²) < 4.78 is 7.21. The number of hydrogen-bond donors (Lipinski definition) is 1. The summed E-state index contributed by atoms with van der Waals surface area (Å²) in [6.45, 7) is 2.41. The highest BCUT2D eigenvalue weighted by Gasteiger charge is 2.34. The Kier molecular flexibility index (Phi) is 6.29. The average molecular weight is 486 g/mol. The van der Waals surface area contributed by atoms with Crippen molar-refractivity contribution in [1.82, 2.24) is 9.47 Å². The Hall–Kier alpha value is -4.03. The number of benzene rings is 3. The molecule has 0 bridgehead atoms. The summed E-state index contributed by atoms with van der Waals surface area (Å²) >= 11 is 6.65. The van der Waals surface area contributed by atoms with Crippen molar-refractivity contribution >= 4 is 29.3 Å². The van der Waals surface area contributed by atoms with Gasteiger partial charge in [-0.15, -0.1) is 0 Å². The molecule has 0 saturated carbocycles. The van der Waals surface area contributed by atoms with Crippen molar-refractivity contribution in [3.63, 3.8) is 0 Å². The molecule has 1 atom stereocenters. The van der Waals surface area contributed by atoms with E-state index in [0.717, 1.165) is 22.5 Å². The second-order valence-electron chi connectivity index (χ2n) is 8.22. The summed E-state index contributed by atoms with van der Waals surface area (Å²) in [7, 11) is 0. The highest BCUT2D eigenvalue weighted by Crippen LogP contribution is 2.39. The lowest BCUT2D eigenvalue weighted by atomic mass is 10.0. The fourth-order valence-electron chi connectivity index (χ4n) is 4.50. The lowest BCUT2D eigenvalue weighted by molar-refractivity contribution is 0.0526. The van der Waals surface area contributed by atoms with Gasteiger partial charge < -0.3 is 19.5 Å². The molecular weight excluding hydrogens is 462 g/mol. The van der Waals surface area contributed by atoms with Gasteiger partial charge in [-0.2, -0.15) is 0 Å². The Balaban J connectivity index is 1.57. The first kappa shape index (κ1) is 22.7. The molecule has 0 saturated heterocycles. The molecule has 1 aromatic heterocycles. The number of nitrogens with zero attached hydrogens (tertiary/aromatic N) is 2. The van der Waals surface area contributed by atoms with Crippen molar-refractivity contribution in [2.24, 2.45) is 0 Å². The van der Waals surface area contributed by atoms with E-state index in [1.165, 1.54) is 0 Å². The number of aromatic nitrogens is 1. The zero-order valence-electron chi connectivity index (χ0n) is 19.1. The SMILES string of the molecule is CCOC(=O)c1cccc(NC(=O)N2Cc3ccccc3-n3cccc3[C@@H]2c2ccccc2Cl)c1. The van der Waals surface area contributed by atoms with E-state index in [2.05, 4.69) is 9.88 Å². The van der Waals surface area contributed by atoms with Gasteiger partial charge in [-0.05, 0) is 60.5 Å². The second-order valence-corrected chi connectivity index (χ2v) is 8.62. The number of amides is 2. The summed E-state index contributed by atoms with van der Waals surface area (Å²) in [6, 6.07) is 25.6. The van der Waals surface area contributed by atoms with Crippen LogP contribution in [-0.4, -0.2) is 28.1 Å². The molecule has 4 aromatic rings. The molecule has 0 unspecified atom stereocenters. The van der Waals surface area contributed by atoms with Crippen LogP contribution in [0, 0.1) is 0 Å². The molecule has 35 heavy (non-hydrogen) atoms. The molecule has 0 fully saturated rings. The van der Waals surface area contributed by atoms with Gasteiger partial charge in [0.15, 0.2) is 0 Å². The number of urea groups is 1. The maximum Gasteiger partial charge on any atom is 0.338 e. The van der Waals surface area contributed by atoms with Crippen LogP contribution in [0.25, 0.3) is 5.69 Å². The molecule has 1 N–H and O–H groups in total. The van der Waals surface area contributed by atoms with E-state index < -0.39 is 12.0 Å². The Morgan fingerprint density at radius 3 is 2.63 bits per heavy atom. The van der Waals surface area contributed by atoms with E-state index >= 15 is 0 Å². The molecule has 2 heterocycles. The topological polar surface area (TPSA) is 63.6 Å². The minimum absolute atomic E-state index is 0.280. The van der Waals surface area contributed by atoms with E-state index in [1.807, 2.05) is 66.9 Å². The Morgan fingerprint density at radius 1 is 1.00 bits per heavy atom. The number of esters is 1. The van der Waals surface area contributed by atoms with Gasteiger partial charge in [0, 0.05) is 16.9 Å². The minimum Gasteiger partial charge on any atom is -0.462 e. The van der Waals surface area contributed by atoms with E-state index in [0.29, 0.717) is 22.8 Å². The van der Waals surface area contributed by atoms with Gasteiger partial charge in [-0.3, -0.25) is 0 Å². The maximum absolute atomic E-state index is 13.8. The maximum atomic E-state index is 13.8. The molecule has 1 aliphatic heterocycles. The molecule has 6 nitrogen and oxygen atoms in total.